The molecule has 2 amide bonds. The standard InChI is InChI=1S/C19H23F3N4O3/c1-3-8-23-18(28)16-15(10-26(4-2)25-16)24-17(27)14-7-5-6-13(9-14)11-29-12-19(20,21)22/h5-7,9-10H,3-4,8,11-12H2,1-2H3,(H,23,28)(H,24,27). The zero-order chi connectivity index (χ0) is 21.4. The van der Waals surface area contributed by atoms with Gasteiger partial charge in [-0.15, -0.1) is 0 Å². The minimum absolute atomic E-state index is 0.0957. The van der Waals surface area contributed by atoms with Crippen molar-refractivity contribution >= 4 is 17.5 Å². The molecule has 0 saturated carbocycles. The second-order valence-electron chi connectivity index (χ2n) is 6.27. The first-order valence-corrected chi connectivity index (χ1v) is 9.14. The maximum Gasteiger partial charge on any atom is 0.411 e. The van der Waals surface area contributed by atoms with Crippen molar-refractivity contribution in [3.63, 3.8) is 0 Å². The summed E-state index contributed by atoms with van der Waals surface area (Å²) in [5, 5.41) is 9.52. The molecule has 10 heteroatoms. The lowest BCUT2D eigenvalue weighted by Crippen LogP contribution is -2.26. The molecule has 1 aromatic heterocycles. The molecule has 29 heavy (non-hydrogen) atoms. The van der Waals surface area contributed by atoms with E-state index in [9.17, 15) is 22.8 Å². The number of aryl methyl sites for hydroxylation is 1. The maximum absolute atomic E-state index is 12.6. The predicted octanol–water partition coefficient (Wildman–Crippen LogP) is 3.37. The predicted molar refractivity (Wildman–Crippen MR) is 101 cm³/mol. The molecule has 2 aromatic rings. The van der Waals surface area contributed by atoms with Gasteiger partial charge in [-0.05, 0) is 31.0 Å². The number of aromatic nitrogens is 2. The smallest absolute Gasteiger partial charge is 0.367 e. The fourth-order valence-corrected chi connectivity index (χ4v) is 2.45. The molecule has 0 radical (unpaired) electrons. The fraction of sp³-hybridized carbons (Fsp3) is 0.421. The van der Waals surface area contributed by atoms with Gasteiger partial charge in [0.1, 0.15) is 6.61 Å². The van der Waals surface area contributed by atoms with Crippen LogP contribution in [-0.2, 0) is 17.9 Å². The van der Waals surface area contributed by atoms with Gasteiger partial charge in [-0.3, -0.25) is 14.3 Å². The number of amides is 2. The van der Waals surface area contributed by atoms with Crippen molar-refractivity contribution in [3.8, 4) is 0 Å². The van der Waals surface area contributed by atoms with Gasteiger partial charge in [0, 0.05) is 24.8 Å². The number of carbonyl (C=O) groups excluding carboxylic acids is 2. The van der Waals surface area contributed by atoms with E-state index in [1.807, 2.05) is 13.8 Å². The zero-order valence-corrected chi connectivity index (χ0v) is 16.2. The summed E-state index contributed by atoms with van der Waals surface area (Å²) in [5.41, 5.74) is 0.997. The van der Waals surface area contributed by atoms with Crippen LogP contribution in [0.25, 0.3) is 0 Å². The summed E-state index contributed by atoms with van der Waals surface area (Å²) in [6, 6.07) is 6.06. The van der Waals surface area contributed by atoms with E-state index in [1.54, 1.807) is 18.3 Å². The molecule has 0 bridgehead atoms. The highest BCUT2D eigenvalue weighted by molar-refractivity contribution is 6.08. The highest BCUT2D eigenvalue weighted by Gasteiger charge is 2.27. The van der Waals surface area contributed by atoms with E-state index in [0.717, 1.165) is 6.42 Å². The number of hydrogen-bond acceptors (Lipinski definition) is 4. The van der Waals surface area contributed by atoms with E-state index in [-0.39, 0.29) is 23.6 Å². The summed E-state index contributed by atoms with van der Waals surface area (Å²) in [6.07, 6.45) is -2.11. The Balaban J connectivity index is 2.11. The van der Waals surface area contributed by atoms with E-state index in [1.165, 1.54) is 16.8 Å². The van der Waals surface area contributed by atoms with Crippen LogP contribution in [0.1, 0.15) is 46.7 Å². The Morgan fingerprint density at radius 2 is 1.97 bits per heavy atom. The summed E-state index contributed by atoms with van der Waals surface area (Å²) in [6.45, 7) is 3.10. The molecule has 1 heterocycles. The average molecular weight is 412 g/mol. The summed E-state index contributed by atoms with van der Waals surface area (Å²) in [5.74, 6) is -0.911. The number of anilines is 1. The molecule has 1 aromatic carbocycles. The van der Waals surface area contributed by atoms with Crippen LogP contribution < -0.4 is 10.6 Å². The summed E-state index contributed by atoms with van der Waals surface area (Å²) >= 11 is 0. The Kier molecular flexibility index (Phi) is 7.77. The largest absolute Gasteiger partial charge is 0.411 e. The van der Waals surface area contributed by atoms with Crippen molar-refractivity contribution < 1.29 is 27.5 Å². The first-order chi connectivity index (χ1) is 13.7. The number of carbonyl (C=O) groups is 2. The summed E-state index contributed by atoms with van der Waals surface area (Å²) in [4.78, 5) is 24.9. The third kappa shape index (κ3) is 6.90. The van der Waals surface area contributed by atoms with E-state index >= 15 is 0 Å². The van der Waals surface area contributed by atoms with Gasteiger partial charge in [0.05, 0.1) is 12.3 Å². The highest BCUT2D eigenvalue weighted by Crippen LogP contribution is 2.18. The van der Waals surface area contributed by atoms with Crippen LogP contribution >= 0.6 is 0 Å². The molecule has 0 aliphatic rings. The Morgan fingerprint density at radius 1 is 1.21 bits per heavy atom. The van der Waals surface area contributed by atoms with Gasteiger partial charge < -0.3 is 15.4 Å². The van der Waals surface area contributed by atoms with Crippen LogP contribution in [0.15, 0.2) is 30.5 Å². The van der Waals surface area contributed by atoms with Gasteiger partial charge in [0.25, 0.3) is 11.8 Å². The van der Waals surface area contributed by atoms with Crippen molar-refractivity contribution in [2.24, 2.45) is 0 Å². The van der Waals surface area contributed by atoms with Gasteiger partial charge in [-0.1, -0.05) is 19.1 Å². The number of hydrogen-bond donors (Lipinski definition) is 2. The molecular formula is C19H23F3N4O3. The van der Waals surface area contributed by atoms with E-state index in [2.05, 4.69) is 20.5 Å². The number of rotatable bonds is 9. The zero-order valence-electron chi connectivity index (χ0n) is 16.2. The lowest BCUT2D eigenvalue weighted by Gasteiger charge is -2.09. The Bertz CT molecular complexity index is 849. The molecule has 158 valence electrons. The Hall–Kier alpha value is -2.88. The van der Waals surface area contributed by atoms with Gasteiger partial charge >= 0.3 is 6.18 Å². The number of alkyl halides is 3. The lowest BCUT2D eigenvalue weighted by molar-refractivity contribution is -0.176. The third-order valence-electron chi connectivity index (χ3n) is 3.81. The normalized spacial score (nSPS) is 11.3. The third-order valence-corrected chi connectivity index (χ3v) is 3.81. The SMILES string of the molecule is CCCNC(=O)c1nn(CC)cc1NC(=O)c1cccc(COCC(F)(F)F)c1. The van der Waals surface area contributed by atoms with E-state index < -0.39 is 24.6 Å². The monoisotopic (exact) mass is 412 g/mol. The van der Waals surface area contributed by atoms with Crippen molar-refractivity contribution in [3.05, 3.63) is 47.3 Å². The quantitative estimate of drug-likeness (QED) is 0.661. The topological polar surface area (TPSA) is 85.3 Å². The van der Waals surface area contributed by atoms with Crippen LogP contribution in [-0.4, -0.2) is 40.9 Å². The highest BCUT2D eigenvalue weighted by atomic mass is 19.4. The molecule has 0 unspecified atom stereocenters. The molecule has 0 atom stereocenters. The molecule has 2 rings (SSSR count). The average Bonchev–Trinajstić information content (AvgIpc) is 3.08. The van der Waals surface area contributed by atoms with E-state index in [4.69, 9.17) is 0 Å². The minimum Gasteiger partial charge on any atom is -0.367 e. The van der Waals surface area contributed by atoms with Crippen LogP contribution in [0.2, 0.25) is 0 Å². The van der Waals surface area contributed by atoms with Crippen LogP contribution in [0.5, 0.6) is 0 Å². The first-order valence-electron chi connectivity index (χ1n) is 9.14. The minimum atomic E-state index is -4.41. The number of ether oxygens (including phenoxy) is 1. The van der Waals surface area contributed by atoms with Crippen molar-refractivity contribution in [1.29, 1.82) is 0 Å². The molecular weight excluding hydrogens is 389 g/mol. The lowest BCUT2D eigenvalue weighted by atomic mass is 10.1. The van der Waals surface area contributed by atoms with Gasteiger partial charge in [0.15, 0.2) is 5.69 Å². The van der Waals surface area contributed by atoms with E-state index in [0.29, 0.717) is 18.7 Å². The number of nitrogens with zero attached hydrogens (tertiary/aromatic N) is 2. The Labute approximate surface area is 166 Å². The number of halogens is 3. The number of benzene rings is 1. The first kappa shape index (κ1) is 22.4. The molecule has 0 aliphatic carbocycles. The molecule has 0 aliphatic heterocycles. The second kappa shape index (κ2) is 10.1. The molecule has 2 N–H and O–H groups in total. The Morgan fingerprint density at radius 3 is 2.62 bits per heavy atom. The second-order valence-corrected chi connectivity index (χ2v) is 6.27. The van der Waals surface area contributed by atoms with Crippen molar-refractivity contribution in [1.82, 2.24) is 15.1 Å². The van der Waals surface area contributed by atoms with Crippen LogP contribution in [0.3, 0.4) is 0 Å². The molecule has 7 nitrogen and oxygen atoms in total. The van der Waals surface area contributed by atoms with Gasteiger partial charge in [-0.25, -0.2) is 0 Å². The molecule has 0 fully saturated rings. The van der Waals surface area contributed by atoms with Crippen LogP contribution in [0, 0.1) is 0 Å². The molecule has 0 spiro atoms. The van der Waals surface area contributed by atoms with Crippen LogP contribution in [0.4, 0.5) is 18.9 Å². The van der Waals surface area contributed by atoms with Crippen molar-refractivity contribution in [2.45, 2.75) is 39.6 Å². The number of nitrogens with one attached hydrogen (secondary N) is 2. The van der Waals surface area contributed by atoms with Gasteiger partial charge in [0.2, 0.25) is 0 Å². The fourth-order valence-electron chi connectivity index (χ4n) is 2.45. The summed E-state index contributed by atoms with van der Waals surface area (Å²) < 4.78 is 42.7. The molecule has 0 saturated heterocycles. The van der Waals surface area contributed by atoms with Gasteiger partial charge in [-0.2, -0.15) is 18.3 Å². The summed E-state index contributed by atoms with van der Waals surface area (Å²) in [7, 11) is 0. The van der Waals surface area contributed by atoms with Crippen molar-refractivity contribution in [2.75, 3.05) is 18.5 Å². The maximum atomic E-state index is 12.6.